The van der Waals surface area contributed by atoms with Crippen LogP contribution in [0.2, 0.25) is 0 Å². The number of hydrogen-bond donors (Lipinski definition) is 0. The van der Waals surface area contributed by atoms with Crippen molar-refractivity contribution in [1.29, 1.82) is 0 Å². The molecule has 226 valence electrons. The Morgan fingerprint density at radius 3 is 1.96 bits per heavy atom. The minimum atomic E-state index is 0.571. The number of nitrogens with zero attached hydrogens (tertiary/aromatic N) is 3. The molecule has 0 bridgehead atoms. The molecule has 0 atom stereocenters. The van der Waals surface area contributed by atoms with Crippen LogP contribution in [0.25, 0.3) is 120 Å². The normalized spacial score (nSPS) is 12.5. The molecule has 6 heteroatoms. The van der Waals surface area contributed by atoms with Crippen LogP contribution in [0.4, 0.5) is 0 Å². The second-order valence-corrected chi connectivity index (χ2v) is 13.7. The summed E-state index contributed by atoms with van der Waals surface area (Å²) >= 11 is 1.85. The molecule has 4 aromatic heterocycles. The highest BCUT2D eigenvalue weighted by Gasteiger charge is 2.30. The molecule has 1 aliphatic rings. The molecule has 0 fully saturated rings. The summed E-state index contributed by atoms with van der Waals surface area (Å²) in [4.78, 5) is 15.2. The number of rotatable bonds is 3. The number of furan rings is 2. The Morgan fingerprint density at radius 1 is 0.449 bits per heavy atom. The highest BCUT2D eigenvalue weighted by atomic mass is 32.1. The Kier molecular flexibility index (Phi) is 4.80. The number of thiophene rings is 1. The van der Waals surface area contributed by atoms with Crippen molar-refractivity contribution in [3.8, 4) is 45.3 Å². The van der Waals surface area contributed by atoms with Gasteiger partial charge in [0.1, 0.15) is 22.3 Å². The van der Waals surface area contributed by atoms with Crippen LogP contribution in [0.15, 0.2) is 136 Å². The van der Waals surface area contributed by atoms with Crippen LogP contribution in [0.1, 0.15) is 0 Å². The lowest BCUT2D eigenvalue weighted by Gasteiger charge is -2.10. The summed E-state index contributed by atoms with van der Waals surface area (Å²) in [5.41, 5.74) is 8.44. The average Bonchev–Trinajstić information content (AvgIpc) is 3.82. The quantitative estimate of drug-likeness (QED) is 0.192. The molecule has 0 unspecified atom stereocenters. The van der Waals surface area contributed by atoms with Crippen molar-refractivity contribution in [3.63, 3.8) is 0 Å². The monoisotopic (exact) mass is 643 g/mol. The largest absolute Gasteiger partial charge is 0.456 e. The molecule has 0 aliphatic heterocycles. The molecule has 0 saturated heterocycles. The molecule has 0 amide bonds. The minimum absolute atomic E-state index is 0.571. The number of aromatic nitrogens is 3. The summed E-state index contributed by atoms with van der Waals surface area (Å²) in [6.45, 7) is 0. The summed E-state index contributed by atoms with van der Waals surface area (Å²) in [5.74, 6) is 1.80. The Bertz CT molecular complexity index is 3150. The molecule has 1 aliphatic carbocycles. The lowest BCUT2D eigenvalue weighted by molar-refractivity contribution is 0.670. The third kappa shape index (κ3) is 3.35. The molecule has 0 radical (unpaired) electrons. The van der Waals surface area contributed by atoms with E-state index in [0.717, 1.165) is 76.9 Å². The van der Waals surface area contributed by atoms with Gasteiger partial charge in [-0.1, -0.05) is 97.1 Å². The lowest BCUT2D eigenvalue weighted by atomic mass is 9.96. The zero-order chi connectivity index (χ0) is 31.8. The van der Waals surface area contributed by atoms with E-state index in [2.05, 4.69) is 66.7 Å². The fraction of sp³-hybridized carbons (Fsp3) is 0. The third-order valence-corrected chi connectivity index (χ3v) is 11.2. The number of benzene rings is 7. The lowest BCUT2D eigenvalue weighted by Crippen LogP contribution is -2.00. The van der Waals surface area contributed by atoms with E-state index in [1.54, 1.807) is 0 Å². The van der Waals surface area contributed by atoms with Crippen molar-refractivity contribution in [2.24, 2.45) is 0 Å². The first-order valence-electron chi connectivity index (χ1n) is 16.3. The molecule has 0 N–H and O–H groups in total. The van der Waals surface area contributed by atoms with Gasteiger partial charge in [0.25, 0.3) is 0 Å². The van der Waals surface area contributed by atoms with E-state index in [1.807, 2.05) is 72.0 Å². The van der Waals surface area contributed by atoms with Gasteiger partial charge in [-0.15, -0.1) is 11.3 Å². The van der Waals surface area contributed by atoms with Crippen LogP contribution in [0, 0.1) is 0 Å². The number of fused-ring (bicyclic) bond motifs is 5. The summed E-state index contributed by atoms with van der Waals surface area (Å²) in [5, 5.41) is 9.16. The van der Waals surface area contributed by atoms with Crippen LogP contribution < -0.4 is 0 Å². The van der Waals surface area contributed by atoms with E-state index in [9.17, 15) is 0 Å². The van der Waals surface area contributed by atoms with Gasteiger partial charge < -0.3 is 8.83 Å². The molecule has 7 aromatic carbocycles. The van der Waals surface area contributed by atoms with Crippen molar-refractivity contribution in [2.75, 3.05) is 0 Å². The third-order valence-electron chi connectivity index (χ3n) is 10.0. The van der Waals surface area contributed by atoms with Crippen LogP contribution in [-0.4, -0.2) is 15.0 Å². The Hall–Kier alpha value is -6.37. The van der Waals surface area contributed by atoms with Crippen molar-refractivity contribution in [3.05, 3.63) is 127 Å². The van der Waals surface area contributed by atoms with E-state index < -0.39 is 0 Å². The van der Waals surface area contributed by atoms with Gasteiger partial charge in [0.2, 0.25) is 0 Å². The summed E-state index contributed by atoms with van der Waals surface area (Å²) in [6, 6.07) is 43.9. The van der Waals surface area contributed by atoms with Crippen molar-refractivity contribution < 1.29 is 8.83 Å². The van der Waals surface area contributed by atoms with Gasteiger partial charge in [-0.25, -0.2) is 15.0 Å². The van der Waals surface area contributed by atoms with Crippen molar-refractivity contribution >= 4 is 86.2 Å². The van der Waals surface area contributed by atoms with Crippen molar-refractivity contribution in [2.45, 2.75) is 0 Å². The fourth-order valence-corrected chi connectivity index (χ4v) is 9.21. The first-order chi connectivity index (χ1) is 24.3. The van der Waals surface area contributed by atoms with Crippen LogP contribution in [0.3, 0.4) is 0 Å². The first-order valence-corrected chi connectivity index (χ1v) is 17.1. The SMILES string of the molecule is c1ccc(-c2nc(-c3ccccc3)nc(-c3cc4ccc5oc6cc7c(sc8ccccc87)c7c6c5c4c4c3oc3cccc-7c34)n2)cc1. The zero-order valence-corrected chi connectivity index (χ0v) is 26.5. The van der Waals surface area contributed by atoms with E-state index in [0.29, 0.717) is 17.5 Å². The fourth-order valence-electron chi connectivity index (χ4n) is 7.96. The van der Waals surface area contributed by atoms with E-state index in [-0.39, 0.29) is 0 Å². The Morgan fingerprint density at radius 2 is 1.16 bits per heavy atom. The molecular formula is C43H21N3O2S. The van der Waals surface area contributed by atoms with E-state index in [4.69, 9.17) is 23.8 Å². The van der Waals surface area contributed by atoms with E-state index >= 15 is 0 Å². The molecule has 4 heterocycles. The number of hydrogen-bond acceptors (Lipinski definition) is 6. The predicted octanol–water partition coefficient (Wildman–Crippen LogP) is 12.2. The van der Waals surface area contributed by atoms with Gasteiger partial charge in [-0.05, 0) is 41.3 Å². The highest BCUT2D eigenvalue weighted by Crippen LogP contribution is 2.55. The topological polar surface area (TPSA) is 65.0 Å². The molecule has 12 rings (SSSR count). The first kappa shape index (κ1) is 25.7. The van der Waals surface area contributed by atoms with E-state index in [1.165, 1.54) is 25.7 Å². The molecular weight excluding hydrogens is 623 g/mol. The smallest absolute Gasteiger partial charge is 0.167 e. The maximum Gasteiger partial charge on any atom is 0.167 e. The molecule has 0 spiro atoms. The van der Waals surface area contributed by atoms with Crippen LogP contribution >= 0.6 is 11.3 Å². The molecule has 0 saturated carbocycles. The second-order valence-electron chi connectivity index (χ2n) is 12.7. The van der Waals surface area contributed by atoms with Gasteiger partial charge in [0.05, 0.1) is 5.56 Å². The zero-order valence-electron chi connectivity index (χ0n) is 25.7. The summed E-state index contributed by atoms with van der Waals surface area (Å²) in [6.07, 6.45) is 0. The van der Waals surface area contributed by atoms with Crippen LogP contribution in [-0.2, 0) is 0 Å². The van der Waals surface area contributed by atoms with Gasteiger partial charge in [0.15, 0.2) is 17.5 Å². The maximum atomic E-state index is 6.91. The average molecular weight is 644 g/mol. The summed E-state index contributed by atoms with van der Waals surface area (Å²) < 4.78 is 16.1. The molecule has 11 aromatic rings. The Balaban J connectivity index is 1.26. The van der Waals surface area contributed by atoms with Gasteiger partial charge in [-0.2, -0.15) is 0 Å². The minimum Gasteiger partial charge on any atom is -0.456 e. The maximum absolute atomic E-state index is 6.91. The second kappa shape index (κ2) is 9.16. The Labute approximate surface area is 281 Å². The highest BCUT2D eigenvalue weighted by molar-refractivity contribution is 7.26. The predicted molar refractivity (Wildman–Crippen MR) is 200 cm³/mol. The van der Waals surface area contributed by atoms with Crippen molar-refractivity contribution in [1.82, 2.24) is 15.0 Å². The van der Waals surface area contributed by atoms with Gasteiger partial charge in [0, 0.05) is 63.8 Å². The molecule has 5 nitrogen and oxygen atoms in total. The van der Waals surface area contributed by atoms with Gasteiger partial charge >= 0.3 is 0 Å². The van der Waals surface area contributed by atoms with Gasteiger partial charge in [-0.3, -0.25) is 0 Å². The molecule has 49 heavy (non-hydrogen) atoms. The summed E-state index contributed by atoms with van der Waals surface area (Å²) in [7, 11) is 0. The standard InChI is InChI=1S/C43H21N3O2S/c1-3-10-22(11-4-1)41-44-42(23-12-5-2-6-13-23)46-43(45-41)28-20-24-18-19-30-36-33(24)38-34-26(15-9-16-29(34)48-39(28)38)35-37(36)31(47-30)21-27-25-14-7-8-17-32(25)49-40(27)35/h1-21H. The van der Waals surface area contributed by atoms with Crippen LogP contribution in [0.5, 0.6) is 0 Å².